The van der Waals surface area contributed by atoms with E-state index in [1.165, 1.54) is 0 Å². The van der Waals surface area contributed by atoms with Crippen molar-refractivity contribution >= 4 is 0 Å². The van der Waals surface area contributed by atoms with Crippen molar-refractivity contribution in [2.24, 2.45) is 0 Å². The molecule has 3 nitrogen and oxygen atoms in total. The predicted molar refractivity (Wildman–Crippen MR) is 73.4 cm³/mol. The molecule has 0 saturated carbocycles. The predicted octanol–water partition coefficient (Wildman–Crippen LogP) is 2.22. The summed E-state index contributed by atoms with van der Waals surface area (Å²) in [6.07, 6.45) is 1.51. The number of ether oxygens (including phenoxy) is 1. The minimum Gasteiger partial charge on any atom is -0.375 e. The van der Waals surface area contributed by atoms with E-state index in [0.29, 0.717) is 6.10 Å². The molecule has 0 N–H and O–H groups in total. The molecule has 0 amide bonds. The molecule has 0 spiro atoms. The molecule has 1 saturated heterocycles. The van der Waals surface area contributed by atoms with Crippen molar-refractivity contribution in [2.45, 2.75) is 58.2 Å². The average molecular weight is 242 g/mol. The summed E-state index contributed by atoms with van der Waals surface area (Å²) in [6, 6.07) is 0. The maximum atomic E-state index is 6.07. The second kappa shape index (κ2) is 5.25. The molecule has 17 heavy (non-hydrogen) atoms. The second-order valence-electron chi connectivity index (χ2n) is 6.93. The first-order valence-electron chi connectivity index (χ1n) is 6.70. The van der Waals surface area contributed by atoms with Gasteiger partial charge in [0.15, 0.2) is 0 Å². The summed E-state index contributed by atoms with van der Waals surface area (Å²) in [5.74, 6) is 0. The molecule has 1 fully saturated rings. The van der Waals surface area contributed by atoms with Crippen LogP contribution >= 0.6 is 0 Å². The third-order valence-corrected chi connectivity index (χ3v) is 3.77. The van der Waals surface area contributed by atoms with Gasteiger partial charge in [-0.1, -0.05) is 0 Å². The van der Waals surface area contributed by atoms with Gasteiger partial charge in [-0.05, 0) is 55.1 Å². The fraction of sp³-hybridized carbons (Fsp3) is 1.00. The lowest BCUT2D eigenvalue weighted by atomic mass is 9.94. The van der Waals surface area contributed by atoms with Crippen LogP contribution in [-0.4, -0.2) is 60.8 Å². The van der Waals surface area contributed by atoms with Gasteiger partial charge in [0, 0.05) is 24.2 Å². The Bertz CT molecular complexity index is 243. The maximum absolute atomic E-state index is 6.07. The van der Waals surface area contributed by atoms with E-state index in [0.717, 1.165) is 26.1 Å². The van der Waals surface area contributed by atoms with Crippen molar-refractivity contribution < 1.29 is 4.74 Å². The number of nitrogens with zero attached hydrogens (tertiary/aromatic N) is 2. The molecule has 1 aliphatic rings. The van der Waals surface area contributed by atoms with Crippen LogP contribution in [0.15, 0.2) is 0 Å². The van der Waals surface area contributed by atoms with E-state index in [-0.39, 0.29) is 11.1 Å². The monoisotopic (exact) mass is 242 g/mol. The van der Waals surface area contributed by atoms with E-state index < -0.39 is 0 Å². The van der Waals surface area contributed by atoms with E-state index >= 15 is 0 Å². The number of likely N-dealkylation sites (N-methyl/N-ethyl adjacent to an activating group) is 1. The fourth-order valence-corrected chi connectivity index (χ4v) is 2.93. The molecule has 0 aromatic heterocycles. The van der Waals surface area contributed by atoms with Gasteiger partial charge in [0.1, 0.15) is 0 Å². The van der Waals surface area contributed by atoms with Gasteiger partial charge in [-0.3, -0.25) is 4.90 Å². The molecular formula is C14H30N2O. The maximum Gasteiger partial charge on any atom is 0.0766 e. The van der Waals surface area contributed by atoms with E-state index in [2.05, 4.69) is 58.5 Å². The third-order valence-electron chi connectivity index (χ3n) is 3.77. The largest absolute Gasteiger partial charge is 0.375 e. The van der Waals surface area contributed by atoms with Gasteiger partial charge in [0.05, 0.1) is 12.7 Å². The van der Waals surface area contributed by atoms with Crippen LogP contribution < -0.4 is 0 Å². The van der Waals surface area contributed by atoms with E-state index in [9.17, 15) is 0 Å². The van der Waals surface area contributed by atoms with Gasteiger partial charge >= 0.3 is 0 Å². The standard InChI is InChI=1S/C14H30N2O/c1-13(2,3)16-9-8-12(14(16,4)5)17-11-10-15(6)7/h12H,8-11H2,1-7H3/t12-/m1/s1. The lowest BCUT2D eigenvalue weighted by molar-refractivity contribution is -0.0388. The highest BCUT2D eigenvalue weighted by Gasteiger charge is 2.46. The van der Waals surface area contributed by atoms with Crippen LogP contribution in [0.1, 0.15) is 41.0 Å². The molecule has 3 heteroatoms. The summed E-state index contributed by atoms with van der Waals surface area (Å²) in [5, 5.41) is 0. The highest BCUT2D eigenvalue weighted by molar-refractivity contribution is 5.01. The minimum absolute atomic E-state index is 0.143. The summed E-state index contributed by atoms with van der Waals surface area (Å²) in [4.78, 5) is 4.74. The first-order chi connectivity index (χ1) is 7.65. The molecule has 0 bridgehead atoms. The van der Waals surface area contributed by atoms with Gasteiger partial charge < -0.3 is 9.64 Å². The van der Waals surface area contributed by atoms with Crippen molar-refractivity contribution in [1.29, 1.82) is 0 Å². The van der Waals surface area contributed by atoms with Crippen LogP contribution in [-0.2, 0) is 4.74 Å². The fourth-order valence-electron chi connectivity index (χ4n) is 2.93. The molecular weight excluding hydrogens is 212 g/mol. The van der Waals surface area contributed by atoms with Crippen LogP contribution in [0.25, 0.3) is 0 Å². The van der Waals surface area contributed by atoms with Crippen LogP contribution in [0.3, 0.4) is 0 Å². The molecule has 0 radical (unpaired) electrons. The average Bonchev–Trinajstić information content (AvgIpc) is 2.40. The molecule has 1 aliphatic heterocycles. The SMILES string of the molecule is CN(C)CCO[C@@H]1CCN(C(C)(C)C)C1(C)C. The summed E-state index contributed by atoms with van der Waals surface area (Å²) in [6.45, 7) is 14.5. The topological polar surface area (TPSA) is 15.7 Å². The lowest BCUT2D eigenvalue weighted by Crippen LogP contribution is -2.54. The van der Waals surface area contributed by atoms with E-state index in [1.54, 1.807) is 0 Å². The number of hydrogen-bond donors (Lipinski definition) is 0. The van der Waals surface area contributed by atoms with Crippen LogP contribution in [0.4, 0.5) is 0 Å². The van der Waals surface area contributed by atoms with Gasteiger partial charge in [-0.15, -0.1) is 0 Å². The highest BCUT2D eigenvalue weighted by atomic mass is 16.5. The Morgan fingerprint density at radius 1 is 1.29 bits per heavy atom. The van der Waals surface area contributed by atoms with E-state index in [1.807, 2.05) is 0 Å². The first kappa shape index (κ1) is 14.9. The zero-order valence-corrected chi connectivity index (χ0v) is 12.7. The molecule has 1 atom stereocenters. The summed E-state index contributed by atoms with van der Waals surface area (Å²) >= 11 is 0. The first-order valence-corrected chi connectivity index (χ1v) is 6.70. The van der Waals surface area contributed by atoms with Crippen molar-refractivity contribution in [3.63, 3.8) is 0 Å². The van der Waals surface area contributed by atoms with Crippen molar-refractivity contribution in [1.82, 2.24) is 9.80 Å². The van der Waals surface area contributed by atoms with Gasteiger partial charge in [0.2, 0.25) is 0 Å². The highest BCUT2D eigenvalue weighted by Crippen LogP contribution is 2.36. The van der Waals surface area contributed by atoms with Crippen LogP contribution in [0.5, 0.6) is 0 Å². The minimum atomic E-state index is 0.143. The van der Waals surface area contributed by atoms with Crippen LogP contribution in [0.2, 0.25) is 0 Å². The molecule has 102 valence electrons. The molecule has 0 unspecified atom stereocenters. The Morgan fingerprint density at radius 3 is 2.29 bits per heavy atom. The van der Waals surface area contributed by atoms with Crippen LogP contribution in [0, 0.1) is 0 Å². The Balaban J connectivity index is 2.54. The Kier molecular flexibility index (Phi) is 4.61. The molecule has 1 rings (SSSR count). The Labute approximate surface area is 107 Å². The summed E-state index contributed by atoms with van der Waals surface area (Å²) < 4.78 is 6.07. The zero-order chi connectivity index (χ0) is 13.3. The van der Waals surface area contributed by atoms with Gasteiger partial charge in [-0.25, -0.2) is 0 Å². The Morgan fingerprint density at radius 2 is 1.88 bits per heavy atom. The second-order valence-corrected chi connectivity index (χ2v) is 6.93. The van der Waals surface area contributed by atoms with Crippen molar-refractivity contribution in [3.05, 3.63) is 0 Å². The lowest BCUT2D eigenvalue weighted by Gasteiger charge is -2.44. The molecule has 0 aromatic rings. The van der Waals surface area contributed by atoms with Crippen molar-refractivity contribution in [2.75, 3.05) is 33.8 Å². The molecule has 0 aliphatic carbocycles. The normalized spacial score (nSPS) is 25.8. The summed E-state index contributed by atoms with van der Waals surface area (Å²) in [7, 11) is 4.18. The number of hydrogen-bond acceptors (Lipinski definition) is 3. The zero-order valence-electron chi connectivity index (χ0n) is 12.7. The van der Waals surface area contributed by atoms with Crippen molar-refractivity contribution in [3.8, 4) is 0 Å². The quantitative estimate of drug-likeness (QED) is 0.752. The summed E-state index contributed by atoms with van der Waals surface area (Å²) in [5.41, 5.74) is 0.369. The Hall–Kier alpha value is -0.120. The smallest absolute Gasteiger partial charge is 0.0766 e. The van der Waals surface area contributed by atoms with Gasteiger partial charge in [-0.2, -0.15) is 0 Å². The molecule has 0 aromatic carbocycles. The van der Waals surface area contributed by atoms with E-state index in [4.69, 9.17) is 4.74 Å². The molecule has 1 heterocycles. The van der Waals surface area contributed by atoms with Gasteiger partial charge in [0.25, 0.3) is 0 Å². The number of likely N-dealkylation sites (tertiary alicyclic amines) is 1. The number of rotatable bonds is 4. The third kappa shape index (κ3) is 3.67.